The molecule has 0 aliphatic rings. The highest BCUT2D eigenvalue weighted by Crippen LogP contribution is 2.29. The molecule has 0 amide bonds. The molecular weight excluding hydrogens is 264 g/mol. The first-order chi connectivity index (χ1) is 9.15. The Bertz CT molecular complexity index is 555. The molecule has 0 saturated carbocycles. The van der Waals surface area contributed by atoms with E-state index in [0.29, 0.717) is 11.4 Å². The quantitative estimate of drug-likeness (QED) is 0.648. The largest absolute Gasteiger partial charge is 0.496 e. The zero-order valence-electron chi connectivity index (χ0n) is 10.9. The Labute approximate surface area is 117 Å². The summed E-state index contributed by atoms with van der Waals surface area (Å²) in [5, 5.41) is 0.649. The van der Waals surface area contributed by atoms with Crippen molar-refractivity contribution in [2.24, 2.45) is 12.9 Å². The van der Waals surface area contributed by atoms with Crippen LogP contribution in [0.15, 0.2) is 30.6 Å². The van der Waals surface area contributed by atoms with Crippen molar-refractivity contribution in [3.63, 3.8) is 0 Å². The van der Waals surface area contributed by atoms with Gasteiger partial charge in [0.25, 0.3) is 0 Å². The molecule has 1 aromatic carbocycles. The van der Waals surface area contributed by atoms with Gasteiger partial charge in [-0.05, 0) is 18.2 Å². The monoisotopic (exact) mass is 280 g/mol. The number of benzene rings is 1. The van der Waals surface area contributed by atoms with Gasteiger partial charge in [-0.3, -0.25) is 11.3 Å². The smallest absolute Gasteiger partial charge is 0.123 e. The second-order valence-corrected chi connectivity index (χ2v) is 4.70. The summed E-state index contributed by atoms with van der Waals surface area (Å²) in [7, 11) is 3.58. The summed E-state index contributed by atoms with van der Waals surface area (Å²) in [4.78, 5) is 4.30. The fourth-order valence-corrected chi connectivity index (χ4v) is 2.19. The van der Waals surface area contributed by atoms with Crippen LogP contribution in [0.25, 0.3) is 0 Å². The van der Waals surface area contributed by atoms with E-state index in [2.05, 4.69) is 10.4 Å². The number of rotatable bonds is 5. The molecule has 2 rings (SSSR count). The van der Waals surface area contributed by atoms with Crippen LogP contribution in [0.3, 0.4) is 0 Å². The fraction of sp³-hybridized carbons (Fsp3) is 0.308. The maximum Gasteiger partial charge on any atom is 0.123 e. The van der Waals surface area contributed by atoms with E-state index in [1.807, 2.05) is 29.9 Å². The third-order valence-corrected chi connectivity index (χ3v) is 3.31. The van der Waals surface area contributed by atoms with Crippen LogP contribution in [0.4, 0.5) is 0 Å². The minimum Gasteiger partial charge on any atom is -0.496 e. The molecule has 0 aliphatic carbocycles. The van der Waals surface area contributed by atoms with Crippen molar-refractivity contribution >= 4 is 11.6 Å². The molecule has 1 unspecified atom stereocenters. The van der Waals surface area contributed by atoms with Crippen LogP contribution in [0.1, 0.15) is 17.4 Å². The van der Waals surface area contributed by atoms with Gasteiger partial charge >= 0.3 is 0 Å². The van der Waals surface area contributed by atoms with Gasteiger partial charge in [-0.25, -0.2) is 4.98 Å². The molecule has 0 fully saturated rings. The van der Waals surface area contributed by atoms with Crippen LogP contribution in [-0.2, 0) is 13.5 Å². The lowest BCUT2D eigenvalue weighted by molar-refractivity contribution is 0.398. The SMILES string of the molecule is COc1ccc(Cl)cc1C(Cc1nccn1C)NN. The van der Waals surface area contributed by atoms with Crippen molar-refractivity contribution in [2.45, 2.75) is 12.5 Å². The molecule has 3 N–H and O–H groups in total. The Morgan fingerprint density at radius 1 is 1.53 bits per heavy atom. The minimum absolute atomic E-state index is 0.116. The number of ether oxygens (including phenoxy) is 1. The summed E-state index contributed by atoms with van der Waals surface area (Å²) in [5.74, 6) is 7.35. The van der Waals surface area contributed by atoms with Gasteiger partial charge in [0, 0.05) is 36.4 Å². The lowest BCUT2D eigenvalue weighted by Crippen LogP contribution is -2.30. The van der Waals surface area contributed by atoms with Crippen LogP contribution in [0.2, 0.25) is 5.02 Å². The Morgan fingerprint density at radius 2 is 2.32 bits per heavy atom. The average Bonchev–Trinajstić information content (AvgIpc) is 2.81. The first kappa shape index (κ1) is 13.9. The van der Waals surface area contributed by atoms with Gasteiger partial charge in [-0.15, -0.1) is 0 Å². The third-order valence-electron chi connectivity index (χ3n) is 3.08. The second-order valence-electron chi connectivity index (χ2n) is 4.26. The number of methoxy groups -OCH3 is 1. The van der Waals surface area contributed by atoms with Crippen molar-refractivity contribution in [3.05, 3.63) is 47.0 Å². The molecule has 1 atom stereocenters. The predicted molar refractivity (Wildman–Crippen MR) is 75.0 cm³/mol. The molecular formula is C13H17ClN4O. The highest BCUT2D eigenvalue weighted by molar-refractivity contribution is 6.30. The Hall–Kier alpha value is -1.56. The molecule has 0 spiro atoms. The first-order valence-corrected chi connectivity index (χ1v) is 6.29. The van der Waals surface area contributed by atoms with Crippen molar-refractivity contribution in [1.82, 2.24) is 15.0 Å². The number of nitrogens with two attached hydrogens (primary N) is 1. The number of hydrazine groups is 1. The van der Waals surface area contributed by atoms with Gasteiger partial charge in [-0.1, -0.05) is 11.6 Å². The summed E-state index contributed by atoms with van der Waals surface area (Å²) in [6.45, 7) is 0. The highest BCUT2D eigenvalue weighted by atomic mass is 35.5. The topological polar surface area (TPSA) is 65.1 Å². The van der Waals surface area contributed by atoms with Gasteiger partial charge in [0.1, 0.15) is 11.6 Å². The van der Waals surface area contributed by atoms with Gasteiger partial charge < -0.3 is 9.30 Å². The third kappa shape index (κ3) is 3.07. The van der Waals surface area contributed by atoms with E-state index in [-0.39, 0.29) is 6.04 Å². The summed E-state index contributed by atoms with van der Waals surface area (Å²) >= 11 is 6.04. The molecule has 6 heteroatoms. The van der Waals surface area contributed by atoms with E-state index in [1.54, 1.807) is 19.4 Å². The molecule has 19 heavy (non-hydrogen) atoms. The number of nitrogens with one attached hydrogen (secondary N) is 1. The van der Waals surface area contributed by atoms with Gasteiger partial charge in [-0.2, -0.15) is 0 Å². The van der Waals surface area contributed by atoms with Gasteiger partial charge in [0.2, 0.25) is 0 Å². The number of hydrogen-bond donors (Lipinski definition) is 2. The van der Waals surface area contributed by atoms with E-state index in [1.165, 1.54) is 0 Å². The summed E-state index contributed by atoms with van der Waals surface area (Å²) in [6, 6.07) is 5.36. The number of halogens is 1. The second kappa shape index (κ2) is 6.06. The molecule has 2 aromatic rings. The molecule has 0 aliphatic heterocycles. The predicted octanol–water partition coefficient (Wildman–Crippen LogP) is 1.83. The number of aromatic nitrogens is 2. The van der Waals surface area contributed by atoms with Crippen LogP contribution in [0.5, 0.6) is 5.75 Å². The number of aryl methyl sites for hydroxylation is 1. The Kier molecular flexibility index (Phi) is 4.42. The van der Waals surface area contributed by atoms with E-state index in [4.69, 9.17) is 22.2 Å². The molecule has 1 heterocycles. The zero-order valence-corrected chi connectivity index (χ0v) is 11.7. The van der Waals surface area contributed by atoms with Crippen LogP contribution in [0, 0.1) is 0 Å². The molecule has 0 radical (unpaired) electrons. The highest BCUT2D eigenvalue weighted by Gasteiger charge is 2.17. The molecule has 102 valence electrons. The normalized spacial score (nSPS) is 12.4. The van der Waals surface area contributed by atoms with Crippen molar-refractivity contribution < 1.29 is 4.74 Å². The van der Waals surface area contributed by atoms with Crippen molar-refractivity contribution in [1.29, 1.82) is 0 Å². The Balaban J connectivity index is 2.31. The summed E-state index contributed by atoms with van der Waals surface area (Å²) in [5.41, 5.74) is 3.71. The van der Waals surface area contributed by atoms with E-state index < -0.39 is 0 Å². The molecule has 0 bridgehead atoms. The Morgan fingerprint density at radius 3 is 2.89 bits per heavy atom. The summed E-state index contributed by atoms with van der Waals surface area (Å²) < 4.78 is 7.31. The van der Waals surface area contributed by atoms with Crippen LogP contribution < -0.4 is 16.0 Å². The van der Waals surface area contributed by atoms with Crippen LogP contribution >= 0.6 is 11.6 Å². The fourth-order valence-electron chi connectivity index (χ4n) is 2.01. The molecule has 0 saturated heterocycles. The maximum absolute atomic E-state index is 6.04. The zero-order chi connectivity index (χ0) is 13.8. The lowest BCUT2D eigenvalue weighted by atomic mass is 10.0. The van der Waals surface area contributed by atoms with E-state index >= 15 is 0 Å². The minimum atomic E-state index is -0.116. The number of nitrogens with zero attached hydrogens (tertiary/aromatic N) is 2. The van der Waals surface area contributed by atoms with Crippen molar-refractivity contribution in [3.8, 4) is 5.75 Å². The maximum atomic E-state index is 6.04. The van der Waals surface area contributed by atoms with Gasteiger partial charge in [0.05, 0.1) is 13.2 Å². The molecule has 5 nitrogen and oxygen atoms in total. The van der Waals surface area contributed by atoms with E-state index in [9.17, 15) is 0 Å². The number of imidazole rings is 1. The average molecular weight is 281 g/mol. The molecule has 1 aromatic heterocycles. The first-order valence-electron chi connectivity index (χ1n) is 5.91. The number of hydrogen-bond acceptors (Lipinski definition) is 4. The summed E-state index contributed by atoms with van der Waals surface area (Å²) in [6.07, 6.45) is 4.31. The van der Waals surface area contributed by atoms with E-state index in [0.717, 1.165) is 17.1 Å². The standard InChI is InChI=1S/C13H17ClN4O/c1-18-6-5-16-13(18)8-11(17-15)10-7-9(14)3-4-12(10)19-2/h3-7,11,17H,8,15H2,1-2H3. The lowest BCUT2D eigenvalue weighted by Gasteiger charge is -2.19. The van der Waals surface area contributed by atoms with Crippen molar-refractivity contribution in [2.75, 3.05) is 7.11 Å². The van der Waals surface area contributed by atoms with Gasteiger partial charge in [0.15, 0.2) is 0 Å². The van der Waals surface area contributed by atoms with Crippen LogP contribution in [-0.4, -0.2) is 16.7 Å².